The van der Waals surface area contributed by atoms with Crippen molar-refractivity contribution in [3.8, 4) is 0 Å². The van der Waals surface area contributed by atoms with Gasteiger partial charge in [0.25, 0.3) is 0 Å². The normalized spacial score (nSPS) is 39.5. The van der Waals surface area contributed by atoms with Crippen LogP contribution >= 0.6 is 0 Å². The molecule has 0 aromatic rings. The lowest BCUT2D eigenvalue weighted by Gasteiger charge is -2.18. The molecule has 0 heterocycles. The van der Waals surface area contributed by atoms with Crippen LogP contribution in [0.15, 0.2) is 0 Å². The van der Waals surface area contributed by atoms with Gasteiger partial charge in [-0.2, -0.15) is 13.2 Å². The van der Waals surface area contributed by atoms with Gasteiger partial charge in [0.15, 0.2) is 0 Å². The van der Waals surface area contributed by atoms with Crippen LogP contribution in [-0.2, 0) is 0 Å². The van der Waals surface area contributed by atoms with E-state index < -0.39 is 17.6 Å². The Balaban J connectivity index is 2.55. The van der Waals surface area contributed by atoms with Crippen molar-refractivity contribution in [3.05, 3.63) is 0 Å². The van der Waals surface area contributed by atoms with E-state index in [1.165, 1.54) is 0 Å². The van der Waals surface area contributed by atoms with E-state index in [9.17, 15) is 13.2 Å². The van der Waals surface area contributed by atoms with Gasteiger partial charge in [0.2, 0.25) is 0 Å². The van der Waals surface area contributed by atoms with Crippen molar-refractivity contribution < 1.29 is 13.2 Å². The van der Waals surface area contributed by atoms with Crippen LogP contribution in [0.3, 0.4) is 0 Å². The number of nitrogens with two attached hydrogens (primary N) is 1. The second kappa shape index (κ2) is 2.37. The van der Waals surface area contributed by atoms with Crippen LogP contribution in [0.5, 0.6) is 0 Å². The monoisotopic (exact) mass is 167 g/mol. The van der Waals surface area contributed by atoms with Gasteiger partial charge in [0.1, 0.15) is 0 Å². The summed E-state index contributed by atoms with van der Waals surface area (Å²) in [5, 5.41) is 0. The molecule has 1 nitrogen and oxygen atoms in total. The number of hydrogen-bond donors (Lipinski definition) is 1. The highest BCUT2D eigenvalue weighted by Gasteiger charge is 2.46. The van der Waals surface area contributed by atoms with Gasteiger partial charge < -0.3 is 5.73 Å². The quantitative estimate of drug-likeness (QED) is 0.587. The first-order valence-electron chi connectivity index (χ1n) is 3.67. The van der Waals surface area contributed by atoms with E-state index in [0.717, 1.165) is 0 Å². The fraction of sp³-hybridized carbons (Fsp3) is 1.00. The van der Waals surface area contributed by atoms with E-state index in [1.54, 1.807) is 6.92 Å². The summed E-state index contributed by atoms with van der Waals surface area (Å²) in [5.74, 6) is -1.17. The third-order valence-corrected chi connectivity index (χ3v) is 2.24. The molecule has 0 aromatic carbocycles. The largest absolute Gasteiger partial charge is 0.391 e. The summed E-state index contributed by atoms with van der Waals surface area (Å²) in [4.78, 5) is 0. The van der Waals surface area contributed by atoms with Gasteiger partial charge in [-0.15, -0.1) is 0 Å². The zero-order chi connectivity index (χ0) is 8.70. The molecule has 11 heavy (non-hydrogen) atoms. The first-order valence-corrected chi connectivity index (χ1v) is 3.67. The maximum Gasteiger partial charge on any atom is 0.391 e. The first kappa shape index (κ1) is 8.84. The van der Waals surface area contributed by atoms with Crippen molar-refractivity contribution in [1.29, 1.82) is 0 Å². The molecule has 0 radical (unpaired) electrons. The van der Waals surface area contributed by atoms with Gasteiger partial charge in [-0.05, 0) is 26.2 Å². The summed E-state index contributed by atoms with van der Waals surface area (Å²) in [5.41, 5.74) is 4.97. The molecule has 4 heteroatoms. The van der Waals surface area contributed by atoms with Gasteiger partial charge in [-0.3, -0.25) is 0 Å². The van der Waals surface area contributed by atoms with Crippen molar-refractivity contribution >= 4 is 0 Å². The summed E-state index contributed by atoms with van der Waals surface area (Å²) in [6.45, 7) is 1.68. The molecule has 1 aliphatic rings. The van der Waals surface area contributed by atoms with Crippen LogP contribution in [0.4, 0.5) is 13.2 Å². The summed E-state index contributed by atoms with van der Waals surface area (Å²) in [7, 11) is 0. The standard InChI is InChI=1S/C7H12F3N/c1-6(11)3-2-5(4-6)7(8,9)10/h5H,2-4,11H2,1H3/t5-,6+/m0/s1. The van der Waals surface area contributed by atoms with Crippen molar-refractivity contribution in [1.82, 2.24) is 0 Å². The zero-order valence-electron chi connectivity index (χ0n) is 6.41. The minimum absolute atomic E-state index is 0.0799. The Morgan fingerprint density at radius 2 is 2.00 bits per heavy atom. The van der Waals surface area contributed by atoms with Gasteiger partial charge in [-0.25, -0.2) is 0 Å². The summed E-state index contributed by atoms with van der Waals surface area (Å²) in [6.07, 6.45) is -3.29. The van der Waals surface area contributed by atoms with E-state index >= 15 is 0 Å². The predicted molar refractivity (Wildman–Crippen MR) is 36.0 cm³/mol. The van der Waals surface area contributed by atoms with Gasteiger partial charge in [0.05, 0.1) is 5.92 Å². The Morgan fingerprint density at radius 3 is 2.18 bits per heavy atom. The van der Waals surface area contributed by atoms with Crippen LogP contribution in [0, 0.1) is 5.92 Å². The Bertz CT molecular complexity index is 150. The molecular formula is C7H12F3N. The van der Waals surface area contributed by atoms with Crippen LogP contribution in [0.25, 0.3) is 0 Å². The minimum atomic E-state index is -4.04. The molecular weight excluding hydrogens is 155 g/mol. The van der Waals surface area contributed by atoms with Gasteiger partial charge >= 0.3 is 6.18 Å². The Labute approximate surface area is 63.8 Å². The smallest absolute Gasteiger partial charge is 0.325 e. The molecule has 0 aromatic heterocycles. The number of alkyl halides is 3. The highest BCUT2D eigenvalue weighted by atomic mass is 19.4. The molecule has 0 aliphatic heterocycles. The molecule has 0 amide bonds. The molecule has 1 saturated carbocycles. The maximum absolute atomic E-state index is 12.0. The Hall–Kier alpha value is -0.250. The van der Waals surface area contributed by atoms with Crippen molar-refractivity contribution in [2.24, 2.45) is 11.7 Å². The molecule has 2 N–H and O–H groups in total. The predicted octanol–water partition coefficient (Wildman–Crippen LogP) is 2.07. The van der Waals surface area contributed by atoms with Crippen molar-refractivity contribution in [2.45, 2.75) is 37.9 Å². The minimum Gasteiger partial charge on any atom is -0.325 e. The van der Waals surface area contributed by atoms with Gasteiger partial charge in [0, 0.05) is 5.54 Å². The zero-order valence-corrected chi connectivity index (χ0v) is 6.41. The molecule has 1 fully saturated rings. The number of hydrogen-bond acceptors (Lipinski definition) is 1. The highest BCUT2D eigenvalue weighted by Crippen LogP contribution is 2.42. The van der Waals surface area contributed by atoms with Crippen LogP contribution in [0.2, 0.25) is 0 Å². The fourth-order valence-electron chi connectivity index (χ4n) is 1.55. The highest BCUT2D eigenvalue weighted by molar-refractivity contribution is 4.91. The Morgan fingerprint density at radius 1 is 1.45 bits per heavy atom. The van der Waals surface area contributed by atoms with E-state index in [2.05, 4.69) is 0 Å². The molecule has 2 atom stereocenters. The average Bonchev–Trinajstić information content (AvgIpc) is 2.07. The molecule has 0 spiro atoms. The summed E-state index contributed by atoms with van der Waals surface area (Å²) in [6, 6.07) is 0. The third-order valence-electron chi connectivity index (χ3n) is 2.24. The lowest BCUT2D eigenvalue weighted by atomic mass is 10.00. The van der Waals surface area contributed by atoms with E-state index in [4.69, 9.17) is 5.73 Å². The van der Waals surface area contributed by atoms with E-state index in [0.29, 0.717) is 6.42 Å². The summed E-state index contributed by atoms with van der Waals surface area (Å²) >= 11 is 0. The topological polar surface area (TPSA) is 26.0 Å². The van der Waals surface area contributed by atoms with Crippen LogP contribution < -0.4 is 5.73 Å². The molecule has 66 valence electrons. The number of halogens is 3. The number of rotatable bonds is 0. The van der Waals surface area contributed by atoms with Crippen molar-refractivity contribution in [2.75, 3.05) is 0 Å². The Kier molecular flexibility index (Phi) is 1.90. The summed E-state index contributed by atoms with van der Waals surface area (Å²) < 4.78 is 36.1. The second-order valence-corrected chi connectivity index (χ2v) is 3.64. The van der Waals surface area contributed by atoms with Crippen LogP contribution in [-0.4, -0.2) is 11.7 Å². The maximum atomic E-state index is 12.0. The fourth-order valence-corrected chi connectivity index (χ4v) is 1.55. The molecule has 1 aliphatic carbocycles. The lowest BCUT2D eigenvalue weighted by molar-refractivity contribution is -0.173. The lowest BCUT2D eigenvalue weighted by Crippen LogP contribution is -2.34. The SMILES string of the molecule is C[C@@]1(N)CC[C@H](C(F)(F)F)C1. The average molecular weight is 167 g/mol. The van der Waals surface area contributed by atoms with Gasteiger partial charge in [-0.1, -0.05) is 0 Å². The molecule has 0 bridgehead atoms. The van der Waals surface area contributed by atoms with E-state index in [-0.39, 0.29) is 12.8 Å². The van der Waals surface area contributed by atoms with Crippen molar-refractivity contribution in [3.63, 3.8) is 0 Å². The third kappa shape index (κ3) is 2.09. The molecule has 1 rings (SSSR count). The molecule has 0 saturated heterocycles. The van der Waals surface area contributed by atoms with Crippen LogP contribution in [0.1, 0.15) is 26.2 Å². The second-order valence-electron chi connectivity index (χ2n) is 3.64. The molecule has 0 unspecified atom stereocenters. The first-order chi connectivity index (χ1) is 4.81. The van der Waals surface area contributed by atoms with E-state index in [1.807, 2.05) is 0 Å².